The van der Waals surface area contributed by atoms with E-state index < -0.39 is 13.7 Å². The topological polar surface area (TPSA) is 106 Å². The number of carbonyl (C=O) groups excluding carboxylic acids is 1. The van der Waals surface area contributed by atoms with E-state index in [-0.39, 0.29) is 35.6 Å². The van der Waals surface area contributed by atoms with Gasteiger partial charge in [-0.05, 0) is 54.4 Å². The van der Waals surface area contributed by atoms with Gasteiger partial charge in [-0.15, -0.1) is 0 Å². The number of carbonyl (C=O) groups is 1. The number of para-hydroxylation sites is 1. The fourth-order valence-electron chi connectivity index (χ4n) is 6.90. The van der Waals surface area contributed by atoms with E-state index >= 15 is 0 Å². The zero-order valence-electron chi connectivity index (χ0n) is 22.5. The maximum atomic E-state index is 13.8. The average Bonchev–Trinajstić information content (AvgIpc) is 3.53. The first-order chi connectivity index (χ1) is 18.7. The molecule has 1 amide bonds. The molecule has 2 aliphatic rings. The normalized spacial score (nSPS) is 24.3. The van der Waals surface area contributed by atoms with Crippen LogP contribution in [-0.2, 0) is 15.1 Å². The minimum absolute atomic E-state index is 0.0317. The van der Waals surface area contributed by atoms with E-state index in [0.717, 1.165) is 16.8 Å². The molecule has 8 nitrogen and oxygen atoms in total. The zero-order chi connectivity index (χ0) is 27.5. The lowest BCUT2D eigenvalue weighted by Gasteiger charge is -2.37. The lowest BCUT2D eigenvalue weighted by atomic mass is 9.82. The minimum atomic E-state index is -2.23. The summed E-state index contributed by atoms with van der Waals surface area (Å²) < 4.78 is 13.7. The van der Waals surface area contributed by atoms with Gasteiger partial charge < -0.3 is 19.9 Å². The minimum Gasteiger partial charge on any atom is -0.497 e. The number of nitrogens with zero attached hydrogens (tertiary/aromatic N) is 1. The molecule has 6 rings (SSSR count). The Morgan fingerprint density at radius 2 is 1.82 bits per heavy atom. The molecule has 4 aromatic rings. The number of rotatable bonds is 6. The standard InChI is InChI=1S/C30H33N3O5Si/c1-18-27(39(3,4)21-12-10-20(37-2)11-13-21)26(15-16-34)38-30(18)23-17-19(9-14-25(23)31-29(30)36)33-28(35)22-7-5-6-8-24(22)32-33/h5-14,17-18,26-27,32,34H,15-16H2,1-4H3,(H,31,36)/t18-,26+,27-,30+/m1/s1. The van der Waals surface area contributed by atoms with Crippen molar-refractivity contribution >= 4 is 35.8 Å². The summed E-state index contributed by atoms with van der Waals surface area (Å²) in [4.78, 5) is 27.0. The van der Waals surface area contributed by atoms with Crippen molar-refractivity contribution < 1.29 is 19.4 Å². The molecule has 0 saturated carbocycles. The van der Waals surface area contributed by atoms with Crippen LogP contribution >= 0.6 is 0 Å². The van der Waals surface area contributed by atoms with Gasteiger partial charge in [0.15, 0.2) is 5.60 Å². The fraction of sp³-hybridized carbons (Fsp3) is 0.333. The fourth-order valence-corrected chi connectivity index (χ4v) is 11.0. The summed E-state index contributed by atoms with van der Waals surface area (Å²) in [6, 6.07) is 21.1. The molecule has 3 N–H and O–H groups in total. The van der Waals surface area contributed by atoms with Gasteiger partial charge in [0.25, 0.3) is 11.5 Å². The van der Waals surface area contributed by atoms with E-state index in [4.69, 9.17) is 9.47 Å². The number of H-pyrrole nitrogens is 1. The number of anilines is 1. The SMILES string of the molecule is COc1ccc([Si](C)(C)[C@H]2[C@H](CCO)O[C@@]3(C(=O)Nc4ccc(-n5[nH]c6ccccc6c5=O)cc43)[C@@H]2C)cc1. The third kappa shape index (κ3) is 3.71. The van der Waals surface area contributed by atoms with E-state index in [1.54, 1.807) is 13.2 Å². The molecule has 0 bridgehead atoms. The first-order valence-electron chi connectivity index (χ1n) is 13.3. The molecular formula is C30H33N3O5Si. The highest BCUT2D eigenvalue weighted by Crippen LogP contribution is 2.58. The van der Waals surface area contributed by atoms with Crippen LogP contribution in [0.3, 0.4) is 0 Å². The van der Waals surface area contributed by atoms with Crippen LogP contribution in [0.2, 0.25) is 18.6 Å². The van der Waals surface area contributed by atoms with Crippen molar-refractivity contribution in [3.63, 3.8) is 0 Å². The predicted molar refractivity (Wildman–Crippen MR) is 154 cm³/mol. The number of nitrogens with one attached hydrogen (secondary N) is 2. The lowest BCUT2D eigenvalue weighted by molar-refractivity contribution is -0.143. The van der Waals surface area contributed by atoms with Crippen LogP contribution in [0, 0.1) is 5.92 Å². The second kappa shape index (κ2) is 9.22. The van der Waals surface area contributed by atoms with Gasteiger partial charge >= 0.3 is 0 Å². The smallest absolute Gasteiger partial charge is 0.279 e. The summed E-state index contributed by atoms with van der Waals surface area (Å²) in [6.45, 7) is 6.67. The molecule has 9 heteroatoms. The number of aliphatic hydroxyl groups is 1. The van der Waals surface area contributed by atoms with Gasteiger partial charge in [-0.3, -0.25) is 14.7 Å². The van der Waals surface area contributed by atoms with E-state index in [1.807, 2.05) is 48.5 Å². The highest BCUT2D eigenvalue weighted by Gasteiger charge is 2.64. The van der Waals surface area contributed by atoms with Crippen molar-refractivity contribution in [2.75, 3.05) is 19.0 Å². The number of aromatic nitrogens is 2. The van der Waals surface area contributed by atoms with E-state index in [1.165, 1.54) is 9.87 Å². The van der Waals surface area contributed by atoms with Crippen molar-refractivity contribution in [3.8, 4) is 11.4 Å². The summed E-state index contributed by atoms with van der Waals surface area (Å²) in [5.74, 6) is 0.427. The van der Waals surface area contributed by atoms with E-state index in [0.29, 0.717) is 23.2 Å². The summed E-state index contributed by atoms with van der Waals surface area (Å²) in [5, 5.41) is 18.1. The molecule has 1 saturated heterocycles. The third-order valence-corrected chi connectivity index (χ3v) is 13.2. The monoisotopic (exact) mass is 543 g/mol. The van der Waals surface area contributed by atoms with Crippen LogP contribution in [0.4, 0.5) is 5.69 Å². The molecule has 3 heterocycles. The molecule has 0 aliphatic carbocycles. The van der Waals surface area contributed by atoms with Gasteiger partial charge in [0.2, 0.25) is 0 Å². The van der Waals surface area contributed by atoms with Crippen molar-refractivity contribution in [1.29, 1.82) is 0 Å². The molecule has 202 valence electrons. The summed E-state index contributed by atoms with van der Waals surface area (Å²) in [5.41, 5.74) is 1.47. The highest BCUT2D eigenvalue weighted by molar-refractivity contribution is 6.91. The van der Waals surface area contributed by atoms with Crippen LogP contribution in [0.15, 0.2) is 71.5 Å². The van der Waals surface area contributed by atoms with E-state index in [9.17, 15) is 14.7 Å². The molecule has 3 aromatic carbocycles. The molecule has 1 aromatic heterocycles. The third-order valence-electron chi connectivity index (χ3n) is 8.84. The summed E-state index contributed by atoms with van der Waals surface area (Å²) >= 11 is 0. The number of ether oxygens (including phenoxy) is 2. The summed E-state index contributed by atoms with van der Waals surface area (Å²) in [6.07, 6.45) is 0.137. The first-order valence-corrected chi connectivity index (χ1v) is 16.4. The molecule has 1 fully saturated rings. The number of fused-ring (bicyclic) bond motifs is 3. The molecule has 2 aliphatic heterocycles. The van der Waals surface area contributed by atoms with Crippen molar-refractivity contribution in [2.24, 2.45) is 5.92 Å². The molecule has 0 unspecified atom stereocenters. The number of hydrogen-bond acceptors (Lipinski definition) is 5. The zero-order valence-corrected chi connectivity index (χ0v) is 23.5. The Hall–Kier alpha value is -3.66. The maximum Gasteiger partial charge on any atom is 0.279 e. The quantitative estimate of drug-likeness (QED) is 0.320. The number of benzene rings is 3. The Morgan fingerprint density at radius 3 is 2.51 bits per heavy atom. The van der Waals surface area contributed by atoms with Gasteiger partial charge in [-0.25, -0.2) is 4.68 Å². The van der Waals surface area contributed by atoms with Crippen molar-refractivity contribution in [1.82, 2.24) is 9.78 Å². The number of amides is 1. The molecule has 0 radical (unpaired) electrons. The van der Waals surface area contributed by atoms with E-state index in [2.05, 4.69) is 42.6 Å². The Balaban J connectivity index is 1.46. The Morgan fingerprint density at radius 1 is 1.08 bits per heavy atom. The Bertz CT molecular complexity index is 1630. The second-order valence-electron chi connectivity index (χ2n) is 11.2. The van der Waals surface area contributed by atoms with Crippen LogP contribution in [0.5, 0.6) is 5.75 Å². The van der Waals surface area contributed by atoms with Crippen molar-refractivity contribution in [3.05, 3.63) is 82.6 Å². The first kappa shape index (κ1) is 25.6. The van der Waals surface area contributed by atoms with Crippen LogP contribution < -0.4 is 20.8 Å². The van der Waals surface area contributed by atoms with Gasteiger partial charge in [0.1, 0.15) is 5.75 Å². The average molecular weight is 544 g/mol. The number of aliphatic hydroxyl groups excluding tert-OH is 1. The number of methoxy groups -OCH3 is 1. The van der Waals surface area contributed by atoms with Crippen molar-refractivity contribution in [2.45, 2.75) is 43.7 Å². The predicted octanol–water partition coefficient (Wildman–Crippen LogP) is 3.88. The van der Waals surface area contributed by atoms with Crippen LogP contribution in [0.1, 0.15) is 18.9 Å². The van der Waals surface area contributed by atoms with Gasteiger partial charge in [0, 0.05) is 23.8 Å². The maximum absolute atomic E-state index is 13.8. The van der Waals surface area contributed by atoms with Gasteiger partial charge in [-0.1, -0.05) is 49.5 Å². The second-order valence-corrected chi connectivity index (χ2v) is 15.8. The van der Waals surface area contributed by atoms with Gasteiger partial charge in [0.05, 0.1) is 37.9 Å². The largest absolute Gasteiger partial charge is 0.497 e. The number of aromatic amines is 1. The highest BCUT2D eigenvalue weighted by atomic mass is 28.3. The molecule has 39 heavy (non-hydrogen) atoms. The Kier molecular flexibility index (Phi) is 6.05. The lowest BCUT2D eigenvalue weighted by Crippen LogP contribution is -2.51. The number of hydrogen-bond donors (Lipinski definition) is 3. The molecular weight excluding hydrogens is 510 g/mol. The van der Waals surface area contributed by atoms with Gasteiger partial charge in [-0.2, -0.15) is 0 Å². The molecule has 4 atom stereocenters. The van der Waals surface area contributed by atoms with Crippen LogP contribution in [-0.4, -0.2) is 48.7 Å². The summed E-state index contributed by atoms with van der Waals surface area (Å²) in [7, 11) is -0.579. The Labute approximate surface area is 227 Å². The molecule has 1 spiro atoms. The van der Waals surface area contributed by atoms with Crippen LogP contribution in [0.25, 0.3) is 16.6 Å².